The Kier molecular flexibility index (Phi) is 6.40. The number of methoxy groups -OCH3 is 1. The zero-order valence-corrected chi connectivity index (χ0v) is 18.2. The number of alkyl carbamates (subject to hydrolysis) is 1. The number of para-hydroxylation sites is 1. The topological polar surface area (TPSA) is 67.9 Å². The summed E-state index contributed by atoms with van der Waals surface area (Å²) >= 11 is 0. The fraction of sp³-hybridized carbons (Fsp3) is 0.231. The number of fused-ring (bicyclic) bond motifs is 1. The summed E-state index contributed by atoms with van der Waals surface area (Å²) in [6.45, 7) is 2.19. The standard InChI is InChI=1S/C26H26N2O4/c1-18-16-23(27-26(30)32-17-19-8-4-3-5-9-19)22-10-6-7-11-24(22)28(18)25(29)20-12-14-21(31-2)15-13-20/h3-15,18,23H,16-17H2,1-2H3,(H,27,30)/t18-,23+/m0/s1. The van der Waals surface area contributed by atoms with Crippen molar-refractivity contribution in [3.8, 4) is 5.75 Å². The summed E-state index contributed by atoms with van der Waals surface area (Å²) in [6.07, 6.45) is 0.107. The third-order valence-corrected chi connectivity index (χ3v) is 5.65. The second-order valence-electron chi connectivity index (χ2n) is 7.81. The molecule has 0 fully saturated rings. The second kappa shape index (κ2) is 9.56. The van der Waals surface area contributed by atoms with Crippen molar-refractivity contribution in [2.75, 3.05) is 12.0 Å². The fourth-order valence-corrected chi connectivity index (χ4v) is 4.04. The van der Waals surface area contributed by atoms with Crippen LogP contribution in [0.25, 0.3) is 0 Å². The van der Waals surface area contributed by atoms with Gasteiger partial charge in [-0.05, 0) is 54.8 Å². The van der Waals surface area contributed by atoms with Crippen molar-refractivity contribution in [1.29, 1.82) is 0 Å². The minimum Gasteiger partial charge on any atom is -0.497 e. The molecule has 2 atom stereocenters. The predicted molar refractivity (Wildman–Crippen MR) is 123 cm³/mol. The van der Waals surface area contributed by atoms with Crippen molar-refractivity contribution in [2.24, 2.45) is 0 Å². The zero-order chi connectivity index (χ0) is 22.5. The summed E-state index contributed by atoms with van der Waals surface area (Å²) in [7, 11) is 1.60. The van der Waals surface area contributed by atoms with E-state index in [-0.39, 0.29) is 24.6 Å². The first-order valence-corrected chi connectivity index (χ1v) is 10.6. The lowest BCUT2D eigenvalue weighted by atomic mass is 9.91. The van der Waals surface area contributed by atoms with Crippen LogP contribution in [0.3, 0.4) is 0 Å². The van der Waals surface area contributed by atoms with Crippen LogP contribution in [0.5, 0.6) is 5.75 Å². The van der Waals surface area contributed by atoms with Crippen molar-refractivity contribution in [2.45, 2.75) is 32.0 Å². The Morgan fingerprint density at radius 3 is 2.38 bits per heavy atom. The molecular formula is C26H26N2O4. The smallest absolute Gasteiger partial charge is 0.407 e. The van der Waals surface area contributed by atoms with Gasteiger partial charge in [0.25, 0.3) is 5.91 Å². The van der Waals surface area contributed by atoms with Gasteiger partial charge in [-0.3, -0.25) is 4.79 Å². The number of ether oxygens (including phenoxy) is 2. The normalized spacial score (nSPS) is 17.2. The van der Waals surface area contributed by atoms with Gasteiger partial charge in [-0.1, -0.05) is 48.5 Å². The van der Waals surface area contributed by atoms with E-state index in [0.29, 0.717) is 17.7 Å². The molecule has 0 radical (unpaired) electrons. The third kappa shape index (κ3) is 4.59. The molecule has 0 saturated carbocycles. The van der Waals surface area contributed by atoms with Crippen molar-refractivity contribution in [1.82, 2.24) is 5.32 Å². The molecule has 0 aromatic heterocycles. The maximum absolute atomic E-state index is 13.3. The number of benzene rings is 3. The molecule has 32 heavy (non-hydrogen) atoms. The molecule has 4 rings (SSSR count). The summed E-state index contributed by atoms with van der Waals surface area (Å²) in [4.78, 5) is 27.6. The molecule has 1 aliphatic heterocycles. The molecular weight excluding hydrogens is 404 g/mol. The van der Waals surface area contributed by atoms with E-state index in [9.17, 15) is 9.59 Å². The van der Waals surface area contributed by atoms with Crippen LogP contribution >= 0.6 is 0 Å². The first-order valence-electron chi connectivity index (χ1n) is 10.6. The molecule has 1 N–H and O–H groups in total. The first-order chi connectivity index (χ1) is 15.6. The van der Waals surface area contributed by atoms with Gasteiger partial charge in [-0.2, -0.15) is 0 Å². The fourth-order valence-electron chi connectivity index (χ4n) is 4.04. The molecule has 2 amide bonds. The van der Waals surface area contributed by atoms with Crippen LogP contribution in [0.2, 0.25) is 0 Å². The number of amides is 2. The molecule has 1 aliphatic rings. The van der Waals surface area contributed by atoms with Crippen LogP contribution in [0.1, 0.15) is 40.9 Å². The van der Waals surface area contributed by atoms with Crippen LogP contribution in [0.15, 0.2) is 78.9 Å². The molecule has 3 aromatic carbocycles. The SMILES string of the molecule is COc1ccc(C(=O)N2c3ccccc3[C@H](NC(=O)OCc3ccccc3)C[C@@H]2C)cc1. The van der Waals surface area contributed by atoms with Gasteiger partial charge >= 0.3 is 6.09 Å². The maximum Gasteiger partial charge on any atom is 0.407 e. The maximum atomic E-state index is 13.3. The van der Waals surface area contributed by atoms with E-state index >= 15 is 0 Å². The van der Waals surface area contributed by atoms with Gasteiger partial charge in [0.1, 0.15) is 12.4 Å². The van der Waals surface area contributed by atoms with E-state index in [4.69, 9.17) is 9.47 Å². The highest BCUT2D eigenvalue weighted by Crippen LogP contribution is 2.38. The number of carbonyl (C=O) groups is 2. The summed E-state index contributed by atoms with van der Waals surface area (Å²) in [6, 6.07) is 24.0. The second-order valence-corrected chi connectivity index (χ2v) is 7.81. The molecule has 3 aromatic rings. The minimum atomic E-state index is -0.476. The number of hydrogen-bond acceptors (Lipinski definition) is 4. The van der Waals surface area contributed by atoms with E-state index in [0.717, 1.165) is 16.8 Å². The van der Waals surface area contributed by atoms with Gasteiger partial charge in [-0.25, -0.2) is 4.79 Å². The van der Waals surface area contributed by atoms with E-state index < -0.39 is 6.09 Å². The number of nitrogens with zero attached hydrogens (tertiary/aromatic N) is 1. The number of anilines is 1. The highest BCUT2D eigenvalue weighted by atomic mass is 16.5. The van der Waals surface area contributed by atoms with Crippen molar-refractivity contribution < 1.29 is 19.1 Å². The largest absolute Gasteiger partial charge is 0.497 e. The molecule has 0 unspecified atom stereocenters. The Labute approximate surface area is 187 Å². The van der Waals surface area contributed by atoms with E-state index in [1.54, 1.807) is 36.3 Å². The Bertz CT molecular complexity index is 1080. The lowest BCUT2D eigenvalue weighted by Gasteiger charge is -2.39. The first kappa shape index (κ1) is 21.4. The summed E-state index contributed by atoms with van der Waals surface area (Å²) in [5.74, 6) is 0.615. The molecule has 0 bridgehead atoms. The lowest BCUT2D eigenvalue weighted by Crippen LogP contribution is -2.46. The zero-order valence-electron chi connectivity index (χ0n) is 18.2. The minimum absolute atomic E-state index is 0.0855. The van der Waals surface area contributed by atoms with Crippen molar-refractivity contribution in [3.63, 3.8) is 0 Å². The Morgan fingerprint density at radius 1 is 0.969 bits per heavy atom. The monoisotopic (exact) mass is 430 g/mol. The van der Waals surface area contributed by atoms with E-state index in [2.05, 4.69) is 5.32 Å². The average molecular weight is 431 g/mol. The highest BCUT2D eigenvalue weighted by molar-refractivity contribution is 6.07. The van der Waals surface area contributed by atoms with Crippen molar-refractivity contribution in [3.05, 3.63) is 95.6 Å². The summed E-state index contributed by atoms with van der Waals surface area (Å²) in [5, 5.41) is 2.97. The molecule has 6 nitrogen and oxygen atoms in total. The Hall–Kier alpha value is -3.80. The number of nitrogens with one attached hydrogen (secondary N) is 1. The molecule has 6 heteroatoms. The highest BCUT2D eigenvalue weighted by Gasteiger charge is 2.35. The van der Waals surface area contributed by atoms with Gasteiger partial charge in [0.2, 0.25) is 0 Å². The van der Waals surface area contributed by atoms with Gasteiger partial charge in [-0.15, -0.1) is 0 Å². The van der Waals surface area contributed by atoms with Crippen LogP contribution < -0.4 is 15.0 Å². The predicted octanol–water partition coefficient (Wildman–Crippen LogP) is 5.10. The lowest BCUT2D eigenvalue weighted by molar-refractivity contribution is 0.0972. The number of carbonyl (C=O) groups excluding carboxylic acids is 2. The van der Waals surface area contributed by atoms with Crippen LogP contribution in [-0.2, 0) is 11.3 Å². The quantitative estimate of drug-likeness (QED) is 0.611. The van der Waals surface area contributed by atoms with Crippen LogP contribution in [-0.4, -0.2) is 25.2 Å². The molecule has 0 spiro atoms. The third-order valence-electron chi connectivity index (χ3n) is 5.65. The van der Waals surface area contributed by atoms with Crippen molar-refractivity contribution >= 4 is 17.7 Å². The van der Waals surface area contributed by atoms with Gasteiger partial charge in [0, 0.05) is 17.3 Å². The van der Waals surface area contributed by atoms with Gasteiger partial charge < -0.3 is 19.7 Å². The van der Waals surface area contributed by atoms with E-state index in [1.807, 2.05) is 61.5 Å². The molecule has 164 valence electrons. The molecule has 0 aliphatic carbocycles. The summed E-state index contributed by atoms with van der Waals surface area (Å²) in [5.41, 5.74) is 3.20. The van der Waals surface area contributed by atoms with Crippen LogP contribution in [0.4, 0.5) is 10.5 Å². The van der Waals surface area contributed by atoms with E-state index in [1.165, 1.54) is 0 Å². The van der Waals surface area contributed by atoms with Gasteiger partial charge in [0.15, 0.2) is 0 Å². The van der Waals surface area contributed by atoms with Crippen LogP contribution in [0, 0.1) is 0 Å². The average Bonchev–Trinajstić information content (AvgIpc) is 2.83. The number of rotatable bonds is 5. The Balaban J connectivity index is 1.51. The number of hydrogen-bond donors (Lipinski definition) is 1. The van der Waals surface area contributed by atoms with Gasteiger partial charge in [0.05, 0.1) is 13.2 Å². The molecule has 1 heterocycles. The molecule has 0 saturated heterocycles. The summed E-state index contributed by atoms with van der Waals surface area (Å²) < 4.78 is 10.6. The Morgan fingerprint density at radius 2 is 1.66 bits per heavy atom.